The molecule has 0 bridgehead atoms. The fraction of sp³-hybridized carbons (Fsp3) is 0.105. The SMILES string of the molecule is Cc1cc(C)nc(Nc2cccc(C(=O)Nc3cccc(Cl)c3)c2)n1. The van der Waals surface area contributed by atoms with Gasteiger partial charge in [-0.1, -0.05) is 23.7 Å². The van der Waals surface area contributed by atoms with Gasteiger partial charge in [-0.15, -0.1) is 0 Å². The Morgan fingerprint density at radius 2 is 1.60 bits per heavy atom. The molecule has 0 saturated carbocycles. The highest BCUT2D eigenvalue weighted by Crippen LogP contribution is 2.19. The van der Waals surface area contributed by atoms with Crippen LogP contribution in [0.4, 0.5) is 17.3 Å². The molecule has 1 aromatic heterocycles. The molecule has 126 valence electrons. The summed E-state index contributed by atoms with van der Waals surface area (Å²) >= 11 is 5.94. The standard InChI is InChI=1S/C19H17ClN4O/c1-12-9-13(2)22-19(21-12)24-16-7-3-5-14(10-16)18(25)23-17-8-4-6-15(20)11-17/h3-11H,1-2H3,(H,23,25)(H,21,22,24). The molecular weight excluding hydrogens is 336 g/mol. The summed E-state index contributed by atoms with van der Waals surface area (Å²) in [6.45, 7) is 3.82. The molecule has 0 unspecified atom stereocenters. The Labute approximate surface area is 151 Å². The zero-order valence-electron chi connectivity index (χ0n) is 13.9. The highest BCUT2D eigenvalue weighted by atomic mass is 35.5. The second-order valence-electron chi connectivity index (χ2n) is 5.64. The van der Waals surface area contributed by atoms with E-state index in [1.54, 1.807) is 42.5 Å². The Morgan fingerprint density at radius 1 is 0.920 bits per heavy atom. The molecule has 5 nitrogen and oxygen atoms in total. The van der Waals surface area contributed by atoms with Crippen LogP contribution in [0.5, 0.6) is 0 Å². The van der Waals surface area contributed by atoms with Crippen LogP contribution in [0, 0.1) is 13.8 Å². The predicted molar refractivity (Wildman–Crippen MR) is 101 cm³/mol. The van der Waals surface area contributed by atoms with E-state index in [2.05, 4.69) is 20.6 Å². The average Bonchev–Trinajstić information content (AvgIpc) is 2.54. The van der Waals surface area contributed by atoms with Gasteiger partial charge >= 0.3 is 0 Å². The molecule has 0 radical (unpaired) electrons. The number of hydrogen-bond donors (Lipinski definition) is 2. The molecule has 3 rings (SSSR count). The smallest absolute Gasteiger partial charge is 0.255 e. The van der Waals surface area contributed by atoms with Crippen molar-refractivity contribution in [3.63, 3.8) is 0 Å². The lowest BCUT2D eigenvalue weighted by Crippen LogP contribution is -2.12. The van der Waals surface area contributed by atoms with Gasteiger partial charge < -0.3 is 10.6 Å². The molecule has 0 aliphatic rings. The summed E-state index contributed by atoms with van der Waals surface area (Å²) in [7, 11) is 0. The summed E-state index contributed by atoms with van der Waals surface area (Å²) < 4.78 is 0. The Hall–Kier alpha value is -2.92. The number of halogens is 1. The fourth-order valence-corrected chi connectivity index (χ4v) is 2.61. The zero-order chi connectivity index (χ0) is 17.8. The Morgan fingerprint density at radius 3 is 2.32 bits per heavy atom. The number of hydrogen-bond acceptors (Lipinski definition) is 4. The summed E-state index contributed by atoms with van der Waals surface area (Å²) in [6.07, 6.45) is 0. The van der Waals surface area contributed by atoms with Gasteiger partial charge in [-0.3, -0.25) is 4.79 Å². The van der Waals surface area contributed by atoms with Crippen molar-refractivity contribution in [2.45, 2.75) is 13.8 Å². The Balaban J connectivity index is 1.77. The van der Waals surface area contributed by atoms with E-state index in [1.807, 2.05) is 26.0 Å². The molecule has 25 heavy (non-hydrogen) atoms. The molecule has 0 atom stereocenters. The van der Waals surface area contributed by atoms with Crippen LogP contribution >= 0.6 is 11.6 Å². The van der Waals surface area contributed by atoms with Crippen LogP contribution in [0.15, 0.2) is 54.6 Å². The second-order valence-corrected chi connectivity index (χ2v) is 6.08. The van der Waals surface area contributed by atoms with Gasteiger partial charge in [0.15, 0.2) is 0 Å². The highest BCUT2D eigenvalue weighted by Gasteiger charge is 2.08. The van der Waals surface area contributed by atoms with E-state index in [-0.39, 0.29) is 5.91 Å². The first kappa shape index (κ1) is 16.9. The molecule has 1 amide bonds. The van der Waals surface area contributed by atoms with E-state index in [9.17, 15) is 4.79 Å². The number of carbonyl (C=O) groups excluding carboxylic acids is 1. The van der Waals surface area contributed by atoms with Crippen molar-refractivity contribution < 1.29 is 4.79 Å². The summed E-state index contributed by atoms with van der Waals surface area (Å²) in [6, 6.07) is 16.1. The monoisotopic (exact) mass is 352 g/mol. The van der Waals surface area contributed by atoms with Gasteiger partial charge in [0, 0.05) is 33.3 Å². The molecule has 2 aromatic carbocycles. The maximum atomic E-state index is 12.4. The lowest BCUT2D eigenvalue weighted by Gasteiger charge is -2.09. The minimum Gasteiger partial charge on any atom is -0.324 e. The maximum Gasteiger partial charge on any atom is 0.255 e. The number of nitrogens with zero attached hydrogens (tertiary/aromatic N) is 2. The third-order valence-electron chi connectivity index (χ3n) is 3.45. The van der Waals surface area contributed by atoms with Crippen LogP contribution in [0.1, 0.15) is 21.7 Å². The Kier molecular flexibility index (Phi) is 4.95. The molecule has 0 spiro atoms. The summed E-state index contributed by atoms with van der Waals surface area (Å²) in [4.78, 5) is 21.1. The largest absolute Gasteiger partial charge is 0.324 e. The summed E-state index contributed by atoms with van der Waals surface area (Å²) in [5, 5.41) is 6.53. The van der Waals surface area contributed by atoms with E-state index in [0.29, 0.717) is 22.2 Å². The van der Waals surface area contributed by atoms with Crippen molar-refractivity contribution in [3.05, 3.63) is 76.6 Å². The number of rotatable bonds is 4. The number of carbonyl (C=O) groups is 1. The first-order valence-electron chi connectivity index (χ1n) is 7.76. The molecule has 0 aliphatic carbocycles. The number of amides is 1. The van der Waals surface area contributed by atoms with Crippen molar-refractivity contribution in [1.82, 2.24) is 9.97 Å². The number of anilines is 3. The molecule has 6 heteroatoms. The second kappa shape index (κ2) is 7.32. The van der Waals surface area contributed by atoms with Gasteiger partial charge in [-0.25, -0.2) is 9.97 Å². The maximum absolute atomic E-state index is 12.4. The van der Waals surface area contributed by atoms with Crippen molar-refractivity contribution in [3.8, 4) is 0 Å². The van der Waals surface area contributed by atoms with Crippen molar-refractivity contribution >= 4 is 34.8 Å². The van der Waals surface area contributed by atoms with Crippen molar-refractivity contribution in [2.75, 3.05) is 10.6 Å². The normalized spacial score (nSPS) is 10.4. The molecule has 1 heterocycles. The summed E-state index contributed by atoms with van der Waals surface area (Å²) in [5.74, 6) is 0.289. The molecular formula is C19H17ClN4O. The number of aromatic nitrogens is 2. The van der Waals surface area contributed by atoms with Gasteiger partial charge in [0.2, 0.25) is 5.95 Å². The molecule has 0 saturated heterocycles. The minimum absolute atomic E-state index is 0.216. The van der Waals surface area contributed by atoms with E-state index in [4.69, 9.17) is 11.6 Å². The van der Waals surface area contributed by atoms with Crippen LogP contribution in [0.3, 0.4) is 0 Å². The predicted octanol–water partition coefficient (Wildman–Crippen LogP) is 4.74. The van der Waals surface area contributed by atoms with Crippen molar-refractivity contribution in [1.29, 1.82) is 0 Å². The molecule has 3 aromatic rings. The lowest BCUT2D eigenvalue weighted by atomic mass is 10.2. The molecule has 0 fully saturated rings. The fourth-order valence-electron chi connectivity index (χ4n) is 2.42. The van der Waals surface area contributed by atoms with E-state index < -0.39 is 0 Å². The van der Waals surface area contributed by atoms with Gasteiger partial charge in [-0.05, 0) is 56.3 Å². The third-order valence-corrected chi connectivity index (χ3v) is 3.68. The van der Waals surface area contributed by atoms with Crippen LogP contribution in [0.25, 0.3) is 0 Å². The minimum atomic E-state index is -0.216. The van der Waals surface area contributed by atoms with Gasteiger partial charge in [0.05, 0.1) is 0 Å². The number of benzene rings is 2. The van der Waals surface area contributed by atoms with Gasteiger partial charge in [-0.2, -0.15) is 0 Å². The van der Waals surface area contributed by atoms with Gasteiger partial charge in [0.1, 0.15) is 0 Å². The first-order chi connectivity index (χ1) is 12.0. The van der Waals surface area contributed by atoms with Crippen LogP contribution in [-0.2, 0) is 0 Å². The molecule has 2 N–H and O–H groups in total. The average molecular weight is 353 g/mol. The summed E-state index contributed by atoms with van der Waals surface area (Å²) in [5.41, 5.74) is 3.67. The van der Waals surface area contributed by atoms with Crippen LogP contribution < -0.4 is 10.6 Å². The highest BCUT2D eigenvalue weighted by molar-refractivity contribution is 6.31. The lowest BCUT2D eigenvalue weighted by molar-refractivity contribution is 0.102. The van der Waals surface area contributed by atoms with Gasteiger partial charge in [0.25, 0.3) is 5.91 Å². The quantitative estimate of drug-likeness (QED) is 0.711. The number of aryl methyl sites for hydroxylation is 2. The van der Waals surface area contributed by atoms with E-state index in [1.165, 1.54) is 0 Å². The third kappa shape index (κ3) is 4.55. The van der Waals surface area contributed by atoms with E-state index in [0.717, 1.165) is 17.1 Å². The molecule has 0 aliphatic heterocycles. The first-order valence-corrected chi connectivity index (χ1v) is 8.14. The number of nitrogens with one attached hydrogen (secondary N) is 2. The topological polar surface area (TPSA) is 66.9 Å². The van der Waals surface area contributed by atoms with Crippen LogP contribution in [-0.4, -0.2) is 15.9 Å². The zero-order valence-corrected chi connectivity index (χ0v) is 14.6. The van der Waals surface area contributed by atoms with E-state index >= 15 is 0 Å². The van der Waals surface area contributed by atoms with Crippen LogP contribution in [0.2, 0.25) is 5.02 Å². The Bertz CT molecular complexity index is 907. The van der Waals surface area contributed by atoms with Crippen molar-refractivity contribution in [2.24, 2.45) is 0 Å².